The van der Waals surface area contributed by atoms with Crippen molar-refractivity contribution in [1.82, 2.24) is 0 Å². The van der Waals surface area contributed by atoms with E-state index >= 15 is 0 Å². The number of rotatable bonds is 0. The number of fused-ring (bicyclic) bond motifs is 10. The fourth-order valence-corrected chi connectivity index (χ4v) is 7.56. The molecule has 0 aliphatic heterocycles. The summed E-state index contributed by atoms with van der Waals surface area (Å²) < 4.78 is 0. The molecule has 0 heteroatoms. The maximum Gasteiger partial charge on any atom is 0.0478 e. The maximum atomic E-state index is 2.44. The quantitative estimate of drug-likeness (QED) is 0.290. The van der Waals surface area contributed by atoms with Gasteiger partial charge in [-0.3, -0.25) is 0 Å². The van der Waals surface area contributed by atoms with Gasteiger partial charge >= 0.3 is 0 Å². The highest BCUT2D eigenvalue weighted by Crippen LogP contribution is 2.68. The van der Waals surface area contributed by atoms with Gasteiger partial charge in [0.1, 0.15) is 0 Å². The van der Waals surface area contributed by atoms with E-state index in [1.54, 1.807) is 11.1 Å². The second kappa shape index (κ2) is 5.56. The third kappa shape index (κ3) is 1.93. The van der Waals surface area contributed by atoms with Crippen LogP contribution >= 0.6 is 0 Å². The third-order valence-corrected chi connectivity index (χ3v) is 8.45. The molecule has 0 radical (unpaired) electrons. The second-order valence-corrected chi connectivity index (χ2v) is 10.4. The zero-order chi connectivity index (χ0) is 20.8. The Balaban J connectivity index is 1.61. The molecule has 150 valence electrons. The first-order valence-corrected chi connectivity index (χ1v) is 11.5. The van der Waals surface area contributed by atoms with E-state index in [-0.39, 0.29) is 16.2 Å². The molecule has 0 heterocycles. The van der Waals surface area contributed by atoms with Crippen LogP contribution in [0.25, 0.3) is 11.1 Å². The highest BCUT2D eigenvalue weighted by Gasteiger charge is 2.61. The molecule has 3 aliphatic carbocycles. The Kier molecular flexibility index (Phi) is 3.15. The summed E-state index contributed by atoms with van der Waals surface area (Å²) in [7, 11) is 0. The van der Waals surface area contributed by atoms with Crippen LogP contribution in [0.3, 0.4) is 0 Å². The zero-order valence-electron chi connectivity index (χ0n) is 18.2. The number of hydrogen-bond donors (Lipinski definition) is 0. The van der Waals surface area contributed by atoms with Crippen molar-refractivity contribution in [1.29, 1.82) is 0 Å². The van der Waals surface area contributed by atoms with Crippen LogP contribution < -0.4 is 0 Å². The van der Waals surface area contributed by atoms with Gasteiger partial charge in [0.15, 0.2) is 0 Å². The minimum Gasteiger partial charge on any atom is -0.0620 e. The highest BCUT2D eigenvalue weighted by molar-refractivity contribution is 5.85. The Morgan fingerprint density at radius 2 is 0.871 bits per heavy atom. The van der Waals surface area contributed by atoms with E-state index < -0.39 is 0 Å². The first-order valence-electron chi connectivity index (χ1n) is 11.5. The Labute approximate surface area is 184 Å². The lowest BCUT2D eigenvalue weighted by molar-refractivity contribution is 0.371. The van der Waals surface area contributed by atoms with Crippen molar-refractivity contribution >= 4 is 0 Å². The normalized spacial score (nSPS) is 22.9. The first-order chi connectivity index (χ1) is 15.1. The largest absolute Gasteiger partial charge is 0.0620 e. The Bertz CT molecular complexity index is 1330. The predicted molar refractivity (Wildman–Crippen MR) is 128 cm³/mol. The number of hydrogen-bond acceptors (Lipinski definition) is 0. The number of benzene rings is 4. The Morgan fingerprint density at radius 1 is 0.452 bits per heavy atom. The predicted octanol–water partition coefficient (Wildman–Crippen LogP) is 7.37. The zero-order valence-corrected chi connectivity index (χ0v) is 18.2. The molecule has 1 atom stereocenters. The van der Waals surface area contributed by atoms with Gasteiger partial charge < -0.3 is 0 Å². The average Bonchev–Trinajstić information content (AvgIpc) is 3.35. The van der Waals surface area contributed by atoms with E-state index in [1.165, 1.54) is 39.8 Å². The molecule has 3 aliphatic rings. The van der Waals surface area contributed by atoms with Crippen LogP contribution in [0.4, 0.5) is 0 Å². The van der Waals surface area contributed by atoms with Crippen molar-refractivity contribution in [3.8, 4) is 11.1 Å². The van der Waals surface area contributed by atoms with Crippen molar-refractivity contribution in [2.24, 2.45) is 0 Å². The second-order valence-electron chi connectivity index (χ2n) is 10.4. The van der Waals surface area contributed by atoms with Gasteiger partial charge in [-0.25, -0.2) is 0 Å². The fourth-order valence-electron chi connectivity index (χ4n) is 7.56. The van der Waals surface area contributed by atoms with Crippen LogP contribution in [0.1, 0.15) is 60.1 Å². The molecule has 0 aromatic heterocycles. The molecule has 0 saturated heterocycles. The van der Waals surface area contributed by atoms with Gasteiger partial charge in [-0.15, -0.1) is 0 Å². The molecule has 4 aromatic rings. The lowest BCUT2D eigenvalue weighted by Crippen LogP contribution is -2.30. The van der Waals surface area contributed by atoms with E-state index in [1.807, 2.05) is 0 Å². The standard InChI is InChI=1S/C31H26/c1-29(2)19-30(26-16-8-7-15-25(26)29)20-31(28-18-10-9-17-27(28)30)23-13-5-3-11-21(23)22-12-4-6-14-24(22)31/h3-18H,19-20H2,1-2H3. The summed E-state index contributed by atoms with van der Waals surface area (Å²) in [6.45, 7) is 4.87. The van der Waals surface area contributed by atoms with E-state index in [4.69, 9.17) is 0 Å². The van der Waals surface area contributed by atoms with Gasteiger partial charge in [0.05, 0.1) is 0 Å². The Morgan fingerprint density at radius 3 is 1.45 bits per heavy atom. The van der Waals surface area contributed by atoms with Gasteiger partial charge in [-0.05, 0) is 62.8 Å². The van der Waals surface area contributed by atoms with Gasteiger partial charge in [-0.1, -0.05) is 111 Å². The molecular formula is C31H26. The van der Waals surface area contributed by atoms with E-state index in [9.17, 15) is 0 Å². The molecule has 0 N–H and O–H groups in total. The molecule has 1 unspecified atom stereocenters. The van der Waals surface area contributed by atoms with E-state index in [0.29, 0.717) is 0 Å². The summed E-state index contributed by atoms with van der Waals surface area (Å²) in [6.07, 6.45) is 2.29. The lowest BCUT2D eigenvalue weighted by atomic mass is 9.68. The van der Waals surface area contributed by atoms with Crippen molar-refractivity contribution in [3.63, 3.8) is 0 Å². The molecule has 0 nitrogen and oxygen atoms in total. The molecule has 31 heavy (non-hydrogen) atoms. The van der Waals surface area contributed by atoms with Gasteiger partial charge in [0, 0.05) is 10.8 Å². The topological polar surface area (TPSA) is 0 Å². The van der Waals surface area contributed by atoms with Crippen molar-refractivity contribution < 1.29 is 0 Å². The van der Waals surface area contributed by atoms with Crippen LogP contribution in [-0.2, 0) is 16.2 Å². The first kappa shape index (κ1) is 17.5. The summed E-state index contributed by atoms with van der Waals surface area (Å²) in [5.74, 6) is 0. The van der Waals surface area contributed by atoms with Gasteiger partial charge in [0.2, 0.25) is 0 Å². The summed E-state index contributed by atoms with van der Waals surface area (Å²) in [5.41, 5.74) is 12.1. The minimum absolute atomic E-state index is 0.0568. The maximum absolute atomic E-state index is 2.44. The summed E-state index contributed by atoms with van der Waals surface area (Å²) in [6, 6.07) is 36.8. The molecule has 0 fully saturated rings. The highest BCUT2D eigenvalue weighted by atomic mass is 14.6. The molecule has 2 spiro atoms. The van der Waals surface area contributed by atoms with Crippen molar-refractivity contribution in [2.75, 3.05) is 0 Å². The van der Waals surface area contributed by atoms with Gasteiger partial charge in [0.25, 0.3) is 0 Å². The smallest absolute Gasteiger partial charge is 0.0478 e. The van der Waals surface area contributed by atoms with Crippen LogP contribution in [0.15, 0.2) is 97.1 Å². The summed E-state index contributed by atoms with van der Waals surface area (Å²) >= 11 is 0. The van der Waals surface area contributed by atoms with Crippen LogP contribution in [0, 0.1) is 0 Å². The fraction of sp³-hybridized carbons (Fsp3) is 0.226. The monoisotopic (exact) mass is 398 g/mol. The Hall–Kier alpha value is -3.12. The van der Waals surface area contributed by atoms with Crippen LogP contribution in [0.5, 0.6) is 0 Å². The molecule has 4 aromatic carbocycles. The molecule has 0 bridgehead atoms. The van der Waals surface area contributed by atoms with Crippen molar-refractivity contribution in [2.45, 2.75) is 42.9 Å². The SMILES string of the molecule is CC1(C)CC2(CC3(c4ccccc4-c4ccccc43)c3ccccc32)c2ccccc21. The molecule has 7 rings (SSSR count). The van der Waals surface area contributed by atoms with E-state index in [2.05, 4.69) is 111 Å². The van der Waals surface area contributed by atoms with Gasteiger partial charge in [-0.2, -0.15) is 0 Å². The summed E-state index contributed by atoms with van der Waals surface area (Å²) in [4.78, 5) is 0. The average molecular weight is 399 g/mol. The van der Waals surface area contributed by atoms with Crippen molar-refractivity contribution in [3.05, 3.63) is 130 Å². The third-order valence-electron chi connectivity index (χ3n) is 8.45. The molecular weight excluding hydrogens is 372 g/mol. The van der Waals surface area contributed by atoms with Crippen LogP contribution in [-0.4, -0.2) is 0 Å². The molecule has 0 saturated carbocycles. The van der Waals surface area contributed by atoms with Crippen LogP contribution in [0.2, 0.25) is 0 Å². The summed E-state index contributed by atoms with van der Waals surface area (Å²) in [5, 5.41) is 0. The van der Waals surface area contributed by atoms with E-state index in [0.717, 1.165) is 6.42 Å². The minimum atomic E-state index is -0.0721. The lowest BCUT2D eigenvalue weighted by Gasteiger charge is -2.33. The molecule has 0 amide bonds.